The lowest BCUT2D eigenvalue weighted by molar-refractivity contribution is 0.391. The molecule has 21 heavy (non-hydrogen) atoms. The Bertz CT molecular complexity index is 729. The van der Waals surface area contributed by atoms with Gasteiger partial charge in [-0.05, 0) is 37.8 Å². The molecule has 0 N–H and O–H groups in total. The summed E-state index contributed by atoms with van der Waals surface area (Å²) in [5.74, 6) is 1.78. The molecule has 0 amide bonds. The van der Waals surface area contributed by atoms with Crippen LogP contribution in [0.1, 0.15) is 22.8 Å². The first kappa shape index (κ1) is 14.2. The van der Waals surface area contributed by atoms with E-state index in [1.54, 1.807) is 11.3 Å². The number of aryl methyl sites for hydroxylation is 2. The summed E-state index contributed by atoms with van der Waals surface area (Å²) in [5.41, 5.74) is 4.14. The van der Waals surface area contributed by atoms with Gasteiger partial charge in [-0.1, -0.05) is 16.9 Å². The molecule has 0 fully saturated rings. The minimum absolute atomic E-state index is 0.569. The molecule has 3 heterocycles. The van der Waals surface area contributed by atoms with Crippen molar-refractivity contribution in [3.8, 4) is 11.4 Å². The van der Waals surface area contributed by atoms with E-state index in [1.807, 2.05) is 37.6 Å². The normalized spacial score (nSPS) is 11.0. The fourth-order valence-electron chi connectivity index (χ4n) is 1.75. The van der Waals surface area contributed by atoms with Crippen LogP contribution in [-0.2, 0) is 5.75 Å². The molecule has 0 aliphatic carbocycles. The van der Waals surface area contributed by atoms with Gasteiger partial charge in [0.25, 0.3) is 0 Å². The number of thiophene rings is 1. The molecule has 0 saturated heterocycles. The van der Waals surface area contributed by atoms with Gasteiger partial charge in [0, 0.05) is 22.3 Å². The van der Waals surface area contributed by atoms with Gasteiger partial charge in [-0.15, -0.1) is 0 Å². The van der Waals surface area contributed by atoms with Crippen molar-refractivity contribution in [3.05, 3.63) is 39.7 Å². The van der Waals surface area contributed by atoms with Crippen LogP contribution in [0.3, 0.4) is 0 Å². The maximum Gasteiger partial charge on any atom is 0.237 e. The van der Waals surface area contributed by atoms with E-state index in [1.165, 1.54) is 11.8 Å². The van der Waals surface area contributed by atoms with E-state index < -0.39 is 0 Å². The van der Waals surface area contributed by atoms with Gasteiger partial charge in [0.1, 0.15) is 0 Å². The predicted octanol–water partition coefficient (Wildman–Crippen LogP) is 3.81. The molecular formula is C14H14N4OS2. The third kappa shape index (κ3) is 3.14. The van der Waals surface area contributed by atoms with Gasteiger partial charge in [0.2, 0.25) is 11.7 Å². The zero-order valence-electron chi connectivity index (χ0n) is 12.0. The van der Waals surface area contributed by atoms with Crippen molar-refractivity contribution in [1.82, 2.24) is 20.1 Å². The molecule has 0 bridgehead atoms. The maximum absolute atomic E-state index is 5.26. The Kier molecular flexibility index (Phi) is 4.03. The van der Waals surface area contributed by atoms with Gasteiger partial charge in [-0.2, -0.15) is 16.3 Å². The van der Waals surface area contributed by atoms with Crippen LogP contribution in [0.4, 0.5) is 0 Å². The van der Waals surface area contributed by atoms with Crippen LogP contribution in [-0.4, -0.2) is 20.1 Å². The van der Waals surface area contributed by atoms with Crippen LogP contribution in [0.2, 0.25) is 0 Å². The number of thioether (sulfide) groups is 1. The van der Waals surface area contributed by atoms with E-state index in [4.69, 9.17) is 4.52 Å². The quantitative estimate of drug-likeness (QED) is 0.538. The summed E-state index contributed by atoms with van der Waals surface area (Å²) in [6, 6.07) is 1.97. The van der Waals surface area contributed by atoms with Crippen LogP contribution in [0, 0.1) is 20.8 Å². The first-order valence-electron chi connectivity index (χ1n) is 6.43. The zero-order valence-corrected chi connectivity index (χ0v) is 13.6. The summed E-state index contributed by atoms with van der Waals surface area (Å²) in [7, 11) is 0. The summed E-state index contributed by atoms with van der Waals surface area (Å²) in [6.45, 7) is 6.02. The Morgan fingerprint density at radius 2 is 1.90 bits per heavy atom. The van der Waals surface area contributed by atoms with Gasteiger partial charge in [0.15, 0.2) is 5.16 Å². The molecule has 0 radical (unpaired) electrons. The SMILES string of the molecule is Cc1nc(SCc2nc(-c3ccsc3)no2)nc(C)c1C. The fourth-order valence-corrected chi connectivity index (χ4v) is 3.16. The van der Waals surface area contributed by atoms with Crippen molar-refractivity contribution in [2.75, 3.05) is 0 Å². The lowest BCUT2D eigenvalue weighted by atomic mass is 10.2. The van der Waals surface area contributed by atoms with E-state index in [0.29, 0.717) is 17.5 Å². The van der Waals surface area contributed by atoms with E-state index in [0.717, 1.165) is 27.7 Å². The predicted molar refractivity (Wildman–Crippen MR) is 83.4 cm³/mol. The Morgan fingerprint density at radius 3 is 2.57 bits per heavy atom. The highest BCUT2D eigenvalue weighted by Gasteiger charge is 2.11. The monoisotopic (exact) mass is 318 g/mol. The molecule has 3 aromatic heterocycles. The second-order valence-corrected chi connectivity index (χ2v) is 6.34. The second kappa shape index (κ2) is 5.95. The minimum atomic E-state index is 0.569. The fraction of sp³-hybridized carbons (Fsp3) is 0.286. The van der Waals surface area contributed by atoms with Crippen molar-refractivity contribution >= 4 is 23.1 Å². The highest BCUT2D eigenvalue weighted by atomic mass is 32.2. The topological polar surface area (TPSA) is 64.7 Å². The molecule has 5 nitrogen and oxygen atoms in total. The smallest absolute Gasteiger partial charge is 0.237 e. The third-order valence-corrected chi connectivity index (χ3v) is 4.70. The average Bonchev–Trinajstić information content (AvgIpc) is 3.12. The molecule has 108 valence electrons. The molecule has 0 saturated carbocycles. The Morgan fingerprint density at radius 1 is 1.14 bits per heavy atom. The Labute approximate surface area is 130 Å². The number of nitrogens with zero attached hydrogens (tertiary/aromatic N) is 4. The van der Waals surface area contributed by atoms with Crippen LogP contribution in [0.15, 0.2) is 26.5 Å². The second-order valence-electron chi connectivity index (χ2n) is 4.61. The summed E-state index contributed by atoms with van der Waals surface area (Å²) in [5, 5.41) is 8.72. The van der Waals surface area contributed by atoms with Crippen LogP contribution >= 0.6 is 23.1 Å². The first-order chi connectivity index (χ1) is 10.1. The van der Waals surface area contributed by atoms with Crippen molar-refractivity contribution < 1.29 is 4.52 Å². The summed E-state index contributed by atoms with van der Waals surface area (Å²) < 4.78 is 5.26. The molecule has 0 aliphatic heterocycles. The molecule has 3 rings (SSSR count). The summed E-state index contributed by atoms with van der Waals surface area (Å²) >= 11 is 3.12. The van der Waals surface area contributed by atoms with E-state index in [2.05, 4.69) is 20.1 Å². The third-order valence-electron chi connectivity index (χ3n) is 3.18. The molecule has 0 spiro atoms. The van der Waals surface area contributed by atoms with Crippen LogP contribution < -0.4 is 0 Å². The highest BCUT2D eigenvalue weighted by molar-refractivity contribution is 7.98. The summed E-state index contributed by atoms with van der Waals surface area (Å²) in [6.07, 6.45) is 0. The molecule has 0 aromatic carbocycles. The Hall–Kier alpha value is -1.73. The van der Waals surface area contributed by atoms with Gasteiger partial charge < -0.3 is 4.52 Å². The lowest BCUT2D eigenvalue weighted by Crippen LogP contribution is -1.98. The largest absolute Gasteiger partial charge is 0.338 e. The first-order valence-corrected chi connectivity index (χ1v) is 8.36. The van der Waals surface area contributed by atoms with Gasteiger partial charge in [0.05, 0.1) is 5.75 Å². The maximum atomic E-state index is 5.26. The van der Waals surface area contributed by atoms with E-state index in [-0.39, 0.29) is 0 Å². The minimum Gasteiger partial charge on any atom is -0.338 e. The highest BCUT2D eigenvalue weighted by Crippen LogP contribution is 2.23. The molecule has 3 aromatic rings. The molecule has 7 heteroatoms. The molecule has 0 unspecified atom stereocenters. The van der Waals surface area contributed by atoms with Crippen LogP contribution in [0.25, 0.3) is 11.4 Å². The Balaban J connectivity index is 1.71. The number of hydrogen-bond donors (Lipinski definition) is 0. The lowest BCUT2D eigenvalue weighted by Gasteiger charge is -2.05. The number of aromatic nitrogens is 4. The van der Waals surface area contributed by atoms with Gasteiger partial charge in [-0.25, -0.2) is 9.97 Å². The van der Waals surface area contributed by atoms with E-state index >= 15 is 0 Å². The van der Waals surface area contributed by atoms with Crippen molar-refractivity contribution in [2.24, 2.45) is 0 Å². The summed E-state index contributed by atoms with van der Waals surface area (Å²) in [4.78, 5) is 13.3. The van der Waals surface area contributed by atoms with Gasteiger partial charge in [-0.3, -0.25) is 0 Å². The zero-order chi connectivity index (χ0) is 14.8. The number of hydrogen-bond acceptors (Lipinski definition) is 7. The average molecular weight is 318 g/mol. The van der Waals surface area contributed by atoms with Gasteiger partial charge >= 0.3 is 0 Å². The standard InChI is InChI=1S/C14H14N4OS2/c1-8-9(2)15-14(16-10(8)3)21-7-12-17-13(18-19-12)11-4-5-20-6-11/h4-6H,7H2,1-3H3. The van der Waals surface area contributed by atoms with Crippen LogP contribution in [0.5, 0.6) is 0 Å². The number of rotatable bonds is 4. The molecule has 0 atom stereocenters. The van der Waals surface area contributed by atoms with Crippen molar-refractivity contribution in [2.45, 2.75) is 31.7 Å². The van der Waals surface area contributed by atoms with Crippen molar-refractivity contribution in [1.29, 1.82) is 0 Å². The van der Waals surface area contributed by atoms with Crippen molar-refractivity contribution in [3.63, 3.8) is 0 Å². The van der Waals surface area contributed by atoms with E-state index in [9.17, 15) is 0 Å². The molecule has 0 aliphatic rings. The molecular weight excluding hydrogens is 304 g/mol.